The van der Waals surface area contributed by atoms with E-state index in [9.17, 15) is 9.59 Å². The van der Waals surface area contributed by atoms with Crippen LogP contribution in [-0.2, 0) is 4.79 Å². The van der Waals surface area contributed by atoms with Gasteiger partial charge in [-0.3, -0.25) is 9.69 Å². The molecule has 0 atom stereocenters. The molecule has 0 aromatic carbocycles. The van der Waals surface area contributed by atoms with Crippen molar-refractivity contribution in [2.24, 2.45) is 0 Å². The van der Waals surface area contributed by atoms with Crippen molar-refractivity contribution in [1.29, 1.82) is 0 Å². The third kappa shape index (κ3) is 6.31. The minimum Gasteiger partial charge on any atom is -0.481 e. The Kier molecular flexibility index (Phi) is 6.25. The number of aliphatic carboxylic acids is 1. The van der Waals surface area contributed by atoms with Gasteiger partial charge in [-0.25, -0.2) is 4.79 Å². The van der Waals surface area contributed by atoms with Crippen LogP contribution in [0.3, 0.4) is 0 Å². The van der Waals surface area contributed by atoms with E-state index in [0.29, 0.717) is 26.2 Å². The Morgan fingerprint density at radius 2 is 1.81 bits per heavy atom. The molecule has 1 heterocycles. The number of carboxylic acids is 1. The lowest BCUT2D eigenvalue weighted by Crippen LogP contribution is -2.52. The molecular weight excluding hydrogens is 272 g/mol. The number of nitrogens with zero attached hydrogens (tertiary/aromatic N) is 2. The number of hydrogen-bond donors (Lipinski definition) is 3. The molecule has 7 nitrogen and oxygen atoms in total. The lowest BCUT2D eigenvalue weighted by molar-refractivity contribution is -0.137. The smallest absolute Gasteiger partial charge is 0.317 e. The van der Waals surface area contributed by atoms with Crippen LogP contribution in [0.2, 0.25) is 0 Å². The van der Waals surface area contributed by atoms with Gasteiger partial charge < -0.3 is 20.6 Å². The summed E-state index contributed by atoms with van der Waals surface area (Å²) in [4.78, 5) is 26.4. The van der Waals surface area contributed by atoms with E-state index in [0.717, 1.165) is 32.1 Å². The summed E-state index contributed by atoms with van der Waals surface area (Å²) in [6.07, 6.45) is 3.71. The molecule has 0 aromatic heterocycles. The molecule has 21 heavy (non-hydrogen) atoms. The Morgan fingerprint density at radius 1 is 1.10 bits per heavy atom. The minimum atomic E-state index is -0.769. The van der Waals surface area contributed by atoms with Gasteiger partial charge in [0.1, 0.15) is 0 Å². The molecule has 2 aliphatic rings. The van der Waals surface area contributed by atoms with Crippen LogP contribution in [0.15, 0.2) is 0 Å². The van der Waals surface area contributed by atoms with Gasteiger partial charge in [0.05, 0.1) is 6.42 Å². The van der Waals surface area contributed by atoms with Gasteiger partial charge in [0.15, 0.2) is 0 Å². The Bertz CT molecular complexity index is 352. The first-order chi connectivity index (χ1) is 10.1. The molecule has 120 valence electrons. The van der Waals surface area contributed by atoms with Crippen LogP contribution in [-0.4, -0.2) is 78.8 Å². The molecule has 1 aliphatic heterocycles. The topological polar surface area (TPSA) is 84.9 Å². The van der Waals surface area contributed by atoms with Gasteiger partial charge in [0, 0.05) is 45.3 Å². The summed E-state index contributed by atoms with van der Waals surface area (Å²) in [5.41, 5.74) is 0. The molecule has 0 bridgehead atoms. The van der Waals surface area contributed by atoms with Crippen LogP contribution in [0.4, 0.5) is 4.79 Å². The number of nitrogens with one attached hydrogen (secondary N) is 2. The van der Waals surface area contributed by atoms with Crippen molar-refractivity contribution in [3.8, 4) is 0 Å². The largest absolute Gasteiger partial charge is 0.481 e. The average Bonchev–Trinajstić information content (AvgIpc) is 3.29. The van der Waals surface area contributed by atoms with E-state index >= 15 is 0 Å². The summed E-state index contributed by atoms with van der Waals surface area (Å²) in [6, 6.07) is 0.721. The van der Waals surface area contributed by atoms with Crippen molar-refractivity contribution in [2.75, 3.05) is 45.8 Å². The van der Waals surface area contributed by atoms with Crippen molar-refractivity contribution < 1.29 is 14.7 Å². The maximum absolute atomic E-state index is 12.0. The number of hydrogen-bond acceptors (Lipinski definition) is 4. The summed E-state index contributed by atoms with van der Waals surface area (Å²) in [7, 11) is 0. The third-order valence-electron chi connectivity index (χ3n) is 3.94. The van der Waals surface area contributed by atoms with Crippen LogP contribution < -0.4 is 10.6 Å². The zero-order valence-electron chi connectivity index (χ0n) is 12.5. The second kappa shape index (κ2) is 8.19. The van der Waals surface area contributed by atoms with Crippen molar-refractivity contribution in [3.05, 3.63) is 0 Å². The van der Waals surface area contributed by atoms with Crippen LogP contribution in [0, 0.1) is 0 Å². The highest BCUT2D eigenvalue weighted by molar-refractivity contribution is 5.74. The quantitative estimate of drug-likeness (QED) is 0.546. The molecule has 2 amide bonds. The number of carbonyl (C=O) groups is 2. The average molecular weight is 298 g/mol. The van der Waals surface area contributed by atoms with Crippen LogP contribution in [0.25, 0.3) is 0 Å². The first-order valence-electron chi connectivity index (χ1n) is 7.85. The molecule has 1 saturated carbocycles. The van der Waals surface area contributed by atoms with Gasteiger partial charge in [-0.15, -0.1) is 0 Å². The molecule has 1 saturated heterocycles. The number of carbonyl (C=O) groups excluding carboxylic acids is 1. The molecule has 0 unspecified atom stereocenters. The van der Waals surface area contributed by atoms with E-state index in [1.165, 1.54) is 12.8 Å². The Morgan fingerprint density at radius 3 is 2.43 bits per heavy atom. The standard InChI is InChI=1S/C14H26N4O3/c19-13(20)4-7-17-8-10-18(11-9-17)14(21)16-6-1-5-15-12-2-3-12/h12,15H,1-11H2,(H,16,21)(H,19,20). The fourth-order valence-electron chi connectivity index (χ4n) is 2.42. The third-order valence-corrected chi connectivity index (χ3v) is 3.94. The van der Waals surface area contributed by atoms with Crippen molar-refractivity contribution in [1.82, 2.24) is 20.4 Å². The van der Waals surface area contributed by atoms with E-state index in [4.69, 9.17) is 5.11 Å². The van der Waals surface area contributed by atoms with Gasteiger partial charge in [0.25, 0.3) is 0 Å². The first kappa shape index (κ1) is 16.0. The summed E-state index contributed by atoms with van der Waals surface area (Å²) in [6.45, 7) is 5.09. The fourth-order valence-corrected chi connectivity index (χ4v) is 2.42. The lowest BCUT2D eigenvalue weighted by Gasteiger charge is -2.34. The number of urea groups is 1. The van der Waals surface area contributed by atoms with Gasteiger partial charge in [-0.05, 0) is 25.8 Å². The van der Waals surface area contributed by atoms with Crippen LogP contribution in [0.1, 0.15) is 25.7 Å². The van der Waals surface area contributed by atoms with E-state index in [1.807, 2.05) is 4.90 Å². The lowest BCUT2D eigenvalue weighted by atomic mass is 10.3. The molecule has 3 N–H and O–H groups in total. The van der Waals surface area contributed by atoms with E-state index in [1.54, 1.807) is 0 Å². The molecule has 7 heteroatoms. The summed E-state index contributed by atoms with van der Waals surface area (Å²) < 4.78 is 0. The van der Waals surface area contributed by atoms with Gasteiger partial charge in [0.2, 0.25) is 0 Å². The SMILES string of the molecule is O=C(O)CCN1CCN(C(=O)NCCCNC2CC2)CC1. The van der Waals surface area contributed by atoms with Crippen molar-refractivity contribution in [2.45, 2.75) is 31.7 Å². The van der Waals surface area contributed by atoms with E-state index < -0.39 is 5.97 Å². The zero-order valence-corrected chi connectivity index (χ0v) is 12.5. The second-order valence-electron chi connectivity index (χ2n) is 5.79. The van der Waals surface area contributed by atoms with E-state index in [2.05, 4.69) is 15.5 Å². The number of rotatable bonds is 8. The molecule has 0 spiro atoms. The Balaban J connectivity index is 1.51. The van der Waals surface area contributed by atoms with Gasteiger partial charge in [-0.1, -0.05) is 0 Å². The van der Waals surface area contributed by atoms with Crippen LogP contribution >= 0.6 is 0 Å². The Hall–Kier alpha value is -1.34. The number of carboxylic acid groups (broad SMARTS) is 1. The number of amides is 2. The number of piperazine rings is 1. The van der Waals surface area contributed by atoms with Crippen molar-refractivity contribution >= 4 is 12.0 Å². The van der Waals surface area contributed by atoms with Crippen LogP contribution in [0.5, 0.6) is 0 Å². The maximum Gasteiger partial charge on any atom is 0.317 e. The second-order valence-corrected chi connectivity index (χ2v) is 5.79. The molecule has 0 radical (unpaired) electrons. The molecule has 0 aromatic rings. The van der Waals surface area contributed by atoms with Gasteiger partial charge >= 0.3 is 12.0 Å². The summed E-state index contributed by atoms with van der Waals surface area (Å²) in [5.74, 6) is -0.769. The fraction of sp³-hybridized carbons (Fsp3) is 0.857. The molecule has 2 fully saturated rings. The highest BCUT2D eigenvalue weighted by Crippen LogP contribution is 2.18. The van der Waals surface area contributed by atoms with Gasteiger partial charge in [-0.2, -0.15) is 0 Å². The zero-order chi connectivity index (χ0) is 15.1. The highest BCUT2D eigenvalue weighted by Gasteiger charge is 2.21. The summed E-state index contributed by atoms with van der Waals surface area (Å²) in [5, 5.41) is 15.0. The first-order valence-corrected chi connectivity index (χ1v) is 7.85. The molecular formula is C14H26N4O3. The highest BCUT2D eigenvalue weighted by atomic mass is 16.4. The maximum atomic E-state index is 12.0. The normalized spacial score (nSPS) is 19.5. The minimum absolute atomic E-state index is 0.000642. The molecule has 1 aliphatic carbocycles. The predicted octanol–water partition coefficient (Wildman–Crippen LogP) is -0.0696. The summed E-state index contributed by atoms with van der Waals surface area (Å²) >= 11 is 0. The predicted molar refractivity (Wildman–Crippen MR) is 79.3 cm³/mol. The van der Waals surface area contributed by atoms with Crippen molar-refractivity contribution in [3.63, 3.8) is 0 Å². The molecule has 2 rings (SSSR count). The Labute approximate surface area is 125 Å². The monoisotopic (exact) mass is 298 g/mol. The van der Waals surface area contributed by atoms with E-state index in [-0.39, 0.29) is 12.5 Å².